The Morgan fingerprint density at radius 3 is 3.07 bits per heavy atom. The molecule has 1 heterocycles. The number of rotatable bonds is 1. The van der Waals surface area contributed by atoms with Crippen LogP contribution in [-0.4, -0.2) is 24.9 Å². The van der Waals surface area contributed by atoms with Crippen LogP contribution in [0.15, 0.2) is 18.2 Å². The fourth-order valence-corrected chi connectivity index (χ4v) is 1.77. The first kappa shape index (κ1) is 10.3. The molecule has 4 heteroatoms. The number of fused-ring (bicyclic) bond motifs is 1. The molecule has 2 atom stereocenters. The van der Waals surface area contributed by atoms with Gasteiger partial charge in [-0.15, -0.1) is 0 Å². The summed E-state index contributed by atoms with van der Waals surface area (Å²) >= 11 is 0. The van der Waals surface area contributed by atoms with Crippen LogP contribution in [0.2, 0.25) is 0 Å². The third kappa shape index (κ3) is 1.78. The van der Waals surface area contributed by atoms with Crippen molar-refractivity contribution in [2.45, 2.75) is 18.6 Å². The van der Waals surface area contributed by atoms with Crippen LogP contribution in [0.25, 0.3) is 0 Å². The molecule has 0 fully saturated rings. The lowest BCUT2D eigenvalue weighted by Gasteiger charge is -2.16. The molecule has 1 aromatic rings. The normalized spacial score (nSPS) is 25.0. The number of nitrogens with two attached hydrogens (primary N) is 1. The number of hydrogen-bond donors (Lipinski definition) is 2. The minimum Gasteiger partial charge on any atom is -0.493 e. The predicted molar refractivity (Wildman–Crippen MR) is 56.0 cm³/mol. The molecule has 0 bridgehead atoms. The van der Waals surface area contributed by atoms with Crippen LogP contribution in [0.5, 0.6) is 11.5 Å². The number of hydrogen-bond acceptors (Lipinski definition) is 4. The number of aliphatic hydroxyl groups excluding tert-OH is 1. The molecule has 0 aliphatic carbocycles. The maximum atomic E-state index is 9.97. The van der Waals surface area contributed by atoms with Gasteiger partial charge in [0.15, 0.2) is 11.5 Å². The maximum Gasteiger partial charge on any atom is 0.166 e. The maximum absolute atomic E-state index is 9.97. The van der Waals surface area contributed by atoms with E-state index in [4.69, 9.17) is 15.2 Å². The van der Waals surface area contributed by atoms with Crippen molar-refractivity contribution in [2.75, 3.05) is 13.7 Å². The Bertz CT molecular complexity index is 354. The van der Waals surface area contributed by atoms with E-state index in [2.05, 4.69) is 0 Å². The lowest BCUT2D eigenvalue weighted by atomic mass is 10.0. The first-order valence-corrected chi connectivity index (χ1v) is 4.97. The van der Waals surface area contributed by atoms with E-state index in [1.165, 1.54) is 0 Å². The molecule has 1 aliphatic heterocycles. The minimum atomic E-state index is -0.683. The van der Waals surface area contributed by atoms with Crippen LogP contribution in [0.1, 0.15) is 18.1 Å². The van der Waals surface area contributed by atoms with Crippen molar-refractivity contribution in [3.63, 3.8) is 0 Å². The predicted octanol–water partition coefficient (Wildman–Crippen LogP) is 0.838. The highest BCUT2D eigenvalue weighted by Gasteiger charge is 2.26. The fourth-order valence-electron chi connectivity index (χ4n) is 1.77. The van der Waals surface area contributed by atoms with Crippen LogP contribution < -0.4 is 15.2 Å². The average molecular weight is 209 g/mol. The summed E-state index contributed by atoms with van der Waals surface area (Å²) in [5, 5.41) is 9.97. The minimum absolute atomic E-state index is 0.279. The van der Waals surface area contributed by atoms with E-state index in [1.807, 2.05) is 18.2 Å². The molecule has 15 heavy (non-hydrogen) atoms. The molecule has 3 N–H and O–H groups in total. The van der Waals surface area contributed by atoms with Gasteiger partial charge in [-0.05, 0) is 12.5 Å². The molecule has 4 nitrogen and oxygen atoms in total. The van der Waals surface area contributed by atoms with Crippen molar-refractivity contribution in [3.8, 4) is 11.5 Å². The Morgan fingerprint density at radius 2 is 2.33 bits per heavy atom. The van der Waals surface area contributed by atoms with Crippen molar-refractivity contribution in [1.29, 1.82) is 0 Å². The van der Waals surface area contributed by atoms with Crippen LogP contribution in [-0.2, 0) is 0 Å². The smallest absolute Gasteiger partial charge is 0.166 e. The summed E-state index contributed by atoms with van der Waals surface area (Å²) in [5.74, 6) is 1.25. The van der Waals surface area contributed by atoms with E-state index in [9.17, 15) is 5.11 Å². The summed E-state index contributed by atoms with van der Waals surface area (Å²) in [4.78, 5) is 0. The molecule has 1 aliphatic rings. The number of benzene rings is 1. The molecule has 82 valence electrons. The molecule has 0 unspecified atom stereocenters. The average Bonchev–Trinajstić information content (AvgIpc) is 2.40. The van der Waals surface area contributed by atoms with Gasteiger partial charge in [-0.2, -0.15) is 0 Å². The molecule has 0 aromatic heterocycles. The van der Waals surface area contributed by atoms with E-state index in [1.54, 1.807) is 7.11 Å². The van der Waals surface area contributed by atoms with Crippen LogP contribution >= 0.6 is 0 Å². The van der Waals surface area contributed by atoms with Gasteiger partial charge in [-0.3, -0.25) is 0 Å². The lowest BCUT2D eigenvalue weighted by Crippen LogP contribution is -2.28. The van der Waals surface area contributed by atoms with Gasteiger partial charge in [0.2, 0.25) is 0 Å². The van der Waals surface area contributed by atoms with Crippen molar-refractivity contribution in [2.24, 2.45) is 5.73 Å². The SMILES string of the molecule is COc1cccc2c1OCC[C@H](N)[C@@H]2O. The number of aliphatic hydroxyl groups is 1. The Labute approximate surface area is 88.6 Å². The van der Waals surface area contributed by atoms with Crippen LogP contribution in [0, 0.1) is 0 Å². The molecular weight excluding hydrogens is 194 g/mol. The summed E-state index contributed by atoms with van der Waals surface area (Å²) in [6.07, 6.45) is -0.0449. The summed E-state index contributed by atoms with van der Waals surface area (Å²) in [6.45, 7) is 0.506. The third-order valence-electron chi connectivity index (χ3n) is 2.65. The van der Waals surface area contributed by atoms with Gasteiger partial charge in [0.25, 0.3) is 0 Å². The first-order chi connectivity index (χ1) is 7.24. The summed E-state index contributed by atoms with van der Waals surface area (Å²) in [6, 6.07) is 5.16. The second-order valence-electron chi connectivity index (χ2n) is 3.62. The molecule has 0 spiro atoms. The Morgan fingerprint density at radius 1 is 1.53 bits per heavy atom. The largest absolute Gasteiger partial charge is 0.493 e. The molecule has 0 saturated carbocycles. The highest BCUT2D eigenvalue weighted by Crippen LogP contribution is 2.37. The topological polar surface area (TPSA) is 64.7 Å². The third-order valence-corrected chi connectivity index (χ3v) is 2.65. The van der Waals surface area contributed by atoms with Gasteiger partial charge in [-0.1, -0.05) is 12.1 Å². The summed E-state index contributed by atoms with van der Waals surface area (Å²) < 4.78 is 10.7. The van der Waals surface area contributed by atoms with E-state index in [-0.39, 0.29) is 6.04 Å². The number of methoxy groups -OCH3 is 1. The quantitative estimate of drug-likeness (QED) is 0.719. The van der Waals surface area contributed by atoms with E-state index >= 15 is 0 Å². The monoisotopic (exact) mass is 209 g/mol. The highest BCUT2D eigenvalue weighted by molar-refractivity contribution is 5.48. The Balaban J connectivity index is 2.47. The zero-order valence-electron chi connectivity index (χ0n) is 8.64. The number of para-hydroxylation sites is 1. The van der Waals surface area contributed by atoms with Crippen LogP contribution in [0.3, 0.4) is 0 Å². The number of ether oxygens (including phenoxy) is 2. The lowest BCUT2D eigenvalue weighted by molar-refractivity contribution is 0.144. The zero-order valence-corrected chi connectivity index (χ0v) is 8.64. The molecule has 2 rings (SSSR count). The summed E-state index contributed by atoms with van der Waals surface area (Å²) in [5.41, 5.74) is 6.52. The van der Waals surface area contributed by atoms with Crippen LogP contribution in [0.4, 0.5) is 0 Å². The molecule has 0 amide bonds. The van der Waals surface area contributed by atoms with Gasteiger partial charge < -0.3 is 20.3 Å². The zero-order chi connectivity index (χ0) is 10.8. The second kappa shape index (κ2) is 4.08. The standard InChI is InChI=1S/C11H15NO3/c1-14-9-4-2-3-7-10(13)8(12)5-6-15-11(7)9/h2-4,8,10,13H,5-6,12H2,1H3/t8-,10+/m0/s1. The Kier molecular flexibility index (Phi) is 2.79. The van der Waals surface area contributed by atoms with Gasteiger partial charge in [0.05, 0.1) is 19.8 Å². The molecule has 0 radical (unpaired) electrons. The fraction of sp³-hybridized carbons (Fsp3) is 0.455. The van der Waals surface area contributed by atoms with Crippen molar-refractivity contribution in [1.82, 2.24) is 0 Å². The van der Waals surface area contributed by atoms with Crippen molar-refractivity contribution < 1.29 is 14.6 Å². The molecular formula is C11H15NO3. The Hall–Kier alpha value is -1.26. The van der Waals surface area contributed by atoms with E-state index in [0.717, 1.165) is 0 Å². The second-order valence-corrected chi connectivity index (χ2v) is 3.62. The summed E-state index contributed by atoms with van der Waals surface area (Å²) in [7, 11) is 1.58. The van der Waals surface area contributed by atoms with Gasteiger partial charge >= 0.3 is 0 Å². The van der Waals surface area contributed by atoms with Crippen molar-refractivity contribution in [3.05, 3.63) is 23.8 Å². The van der Waals surface area contributed by atoms with Gasteiger partial charge in [0.1, 0.15) is 0 Å². The molecule has 1 aromatic carbocycles. The van der Waals surface area contributed by atoms with Crippen molar-refractivity contribution >= 4 is 0 Å². The molecule has 0 saturated heterocycles. The highest BCUT2D eigenvalue weighted by atomic mass is 16.5. The van der Waals surface area contributed by atoms with E-state index in [0.29, 0.717) is 30.1 Å². The van der Waals surface area contributed by atoms with Gasteiger partial charge in [0, 0.05) is 11.6 Å². The van der Waals surface area contributed by atoms with E-state index < -0.39 is 6.10 Å². The van der Waals surface area contributed by atoms with Gasteiger partial charge in [-0.25, -0.2) is 0 Å². The first-order valence-electron chi connectivity index (χ1n) is 4.97.